The van der Waals surface area contributed by atoms with Crippen molar-refractivity contribution < 1.29 is 9.53 Å². The van der Waals surface area contributed by atoms with Crippen LogP contribution in [-0.4, -0.2) is 34.0 Å². The molecule has 3 heterocycles. The number of H-pyrrole nitrogens is 1. The molecule has 30 heavy (non-hydrogen) atoms. The highest BCUT2D eigenvalue weighted by Crippen LogP contribution is 2.46. The van der Waals surface area contributed by atoms with Crippen molar-refractivity contribution in [2.75, 3.05) is 0 Å². The first-order valence-corrected chi connectivity index (χ1v) is 11.9. The summed E-state index contributed by atoms with van der Waals surface area (Å²) < 4.78 is 6.19. The molecule has 5 rings (SSSR count). The van der Waals surface area contributed by atoms with Crippen molar-refractivity contribution in [2.45, 2.75) is 96.7 Å². The van der Waals surface area contributed by atoms with E-state index in [1.54, 1.807) is 0 Å². The summed E-state index contributed by atoms with van der Waals surface area (Å²) in [6.45, 7) is 9.30. The number of nitrogens with one attached hydrogen (secondary N) is 1. The molecule has 162 valence electrons. The predicted octanol–water partition coefficient (Wildman–Crippen LogP) is 6.02. The van der Waals surface area contributed by atoms with E-state index in [9.17, 15) is 4.79 Å². The number of rotatable bonds is 5. The van der Waals surface area contributed by atoms with Gasteiger partial charge in [-0.2, -0.15) is 0 Å². The number of ether oxygens (including phenoxy) is 1. The molecule has 4 nitrogen and oxygen atoms in total. The molecule has 2 saturated heterocycles. The van der Waals surface area contributed by atoms with Gasteiger partial charge in [0.15, 0.2) is 0 Å². The van der Waals surface area contributed by atoms with Crippen LogP contribution in [0, 0.1) is 11.3 Å². The number of carbonyl (C=O) groups is 1. The Hall–Kier alpha value is -1.97. The molecule has 0 spiro atoms. The summed E-state index contributed by atoms with van der Waals surface area (Å²) in [4.78, 5) is 19.2. The molecule has 1 aliphatic carbocycles. The number of amides is 1. The van der Waals surface area contributed by atoms with Crippen LogP contribution in [0.4, 0.5) is 0 Å². The number of fused-ring (bicyclic) bond motifs is 3. The fraction of sp³-hybridized carbons (Fsp3) is 0.654. The zero-order valence-corrected chi connectivity index (χ0v) is 18.9. The summed E-state index contributed by atoms with van der Waals surface area (Å²) in [6.07, 6.45) is 9.93. The van der Waals surface area contributed by atoms with Crippen LogP contribution >= 0.6 is 0 Å². The highest BCUT2D eigenvalue weighted by atomic mass is 16.5. The Morgan fingerprint density at radius 1 is 1.23 bits per heavy atom. The number of carbonyl (C=O) groups excluding carboxylic acids is 1. The van der Waals surface area contributed by atoms with E-state index in [1.807, 2.05) is 6.07 Å². The van der Waals surface area contributed by atoms with Gasteiger partial charge >= 0.3 is 0 Å². The standard InChI is InChI=1S/C26H36N2O2/c1-16-10-18-13-26(3,4)14-19(11-16)28(18)24(29)12-17(2)21-15-27-22-6-5-7-23(25(21)22)30-20-8-9-20/h5-7,15-20,27H,8-14H2,1-4H3. The van der Waals surface area contributed by atoms with Gasteiger partial charge in [-0.15, -0.1) is 0 Å². The first kappa shape index (κ1) is 20.0. The van der Waals surface area contributed by atoms with E-state index in [4.69, 9.17) is 4.74 Å². The van der Waals surface area contributed by atoms with Crippen molar-refractivity contribution in [1.82, 2.24) is 9.88 Å². The lowest BCUT2D eigenvalue weighted by Gasteiger charge is -2.53. The molecule has 1 amide bonds. The average molecular weight is 409 g/mol. The minimum atomic E-state index is 0.170. The quantitative estimate of drug-likeness (QED) is 0.658. The lowest BCUT2D eigenvalue weighted by atomic mass is 9.68. The summed E-state index contributed by atoms with van der Waals surface area (Å²) in [5.41, 5.74) is 2.67. The maximum atomic E-state index is 13.5. The molecule has 1 aromatic carbocycles. The molecule has 3 aliphatic rings. The number of hydrogen-bond donors (Lipinski definition) is 1. The predicted molar refractivity (Wildman–Crippen MR) is 121 cm³/mol. The molecule has 2 aliphatic heterocycles. The molecule has 2 bridgehead atoms. The van der Waals surface area contributed by atoms with E-state index in [2.05, 4.69) is 55.9 Å². The van der Waals surface area contributed by atoms with Crippen molar-refractivity contribution >= 4 is 16.8 Å². The van der Waals surface area contributed by atoms with Crippen LogP contribution in [0.3, 0.4) is 0 Å². The third-order valence-corrected chi connectivity index (χ3v) is 7.53. The Kier molecular flexibility index (Phi) is 4.87. The lowest BCUT2D eigenvalue weighted by Crippen LogP contribution is -2.58. The molecular weight excluding hydrogens is 372 g/mol. The van der Waals surface area contributed by atoms with Crippen LogP contribution < -0.4 is 4.74 Å². The maximum Gasteiger partial charge on any atom is 0.223 e. The number of hydrogen-bond acceptors (Lipinski definition) is 2. The fourth-order valence-corrected chi connectivity index (χ4v) is 6.19. The number of nitrogens with zero attached hydrogens (tertiary/aromatic N) is 1. The Morgan fingerprint density at radius 2 is 1.93 bits per heavy atom. The van der Waals surface area contributed by atoms with E-state index in [0.717, 1.165) is 55.7 Å². The smallest absolute Gasteiger partial charge is 0.223 e. The lowest BCUT2D eigenvalue weighted by molar-refractivity contribution is -0.146. The van der Waals surface area contributed by atoms with Crippen molar-refractivity contribution in [3.8, 4) is 5.75 Å². The van der Waals surface area contributed by atoms with Crippen LogP contribution in [0.15, 0.2) is 24.4 Å². The SMILES string of the molecule is CC1CC2CC(C)(C)CC(C1)N2C(=O)CC(C)c1c[nH]c2cccc(OC3CC3)c12. The molecular formula is C26H36N2O2. The number of benzene rings is 1. The first-order valence-electron chi connectivity index (χ1n) is 11.9. The molecule has 3 fully saturated rings. The van der Waals surface area contributed by atoms with Gasteiger partial charge in [-0.3, -0.25) is 4.79 Å². The molecule has 2 aromatic rings. The Labute approximate surface area is 180 Å². The highest BCUT2D eigenvalue weighted by molar-refractivity contribution is 5.90. The monoisotopic (exact) mass is 408 g/mol. The van der Waals surface area contributed by atoms with E-state index in [0.29, 0.717) is 35.9 Å². The molecule has 0 radical (unpaired) electrons. The number of aromatic amines is 1. The van der Waals surface area contributed by atoms with Gasteiger partial charge in [-0.1, -0.05) is 33.8 Å². The topological polar surface area (TPSA) is 45.3 Å². The van der Waals surface area contributed by atoms with Gasteiger partial charge in [-0.05, 0) is 73.5 Å². The summed E-state index contributed by atoms with van der Waals surface area (Å²) in [5, 5.41) is 1.17. The maximum absolute atomic E-state index is 13.5. The summed E-state index contributed by atoms with van der Waals surface area (Å²) in [7, 11) is 0. The van der Waals surface area contributed by atoms with Crippen molar-refractivity contribution in [2.24, 2.45) is 11.3 Å². The summed E-state index contributed by atoms with van der Waals surface area (Å²) >= 11 is 0. The Morgan fingerprint density at radius 3 is 2.60 bits per heavy atom. The first-order chi connectivity index (χ1) is 14.3. The van der Waals surface area contributed by atoms with Gasteiger partial charge in [0.1, 0.15) is 5.75 Å². The second-order valence-corrected chi connectivity index (χ2v) is 11.1. The third-order valence-electron chi connectivity index (χ3n) is 7.53. The van der Waals surface area contributed by atoms with Crippen LogP contribution in [0.5, 0.6) is 5.75 Å². The summed E-state index contributed by atoms with van der Waals surface area (Å²) in [5.74, 6) is 2.21. The van der Waals surface area contributed by atoms with Crippen LogP contribution in [0.25, 0.3) is 10.9 Å². The Bertz CT molecular complexity index is 924. The highest BCUT2D eigenvalue weighted by Gasteiger charge is 2.45. The zero-order chi connectivity index (χ0) is 21.0. The Balaban J connectivity index is 1.37. The minimum Gasteiger partial charge on any atom is -0.490 e. The van der Waals surface area contributed by atoms with E-state index in [-0.39, 0.29) is 5.92 Å². The normalized spacial score (nSPS) is 29.1. The molecule has 1 N–H and O–H groups in total. The van der Waals surface area contributed by atoms with Crippen LogP contribution in [0.1, 0.15) is 84.1 Å². The number of aromatic nitrogens is 1. The average Bonchev–Trinajstić information content (AvgIpc) is 3.34. The largest absolute Gasteiger partial charge is 0.490 e. The van der Waals surface area contributed by atoms with E-state index < -0.39 is 0 Å². The van der Waals surface area contributed by atoms with E-state index >= 15 is 0 Å². The minimum absolute atomic E-state index is 0.170. The zero-order valence-electron chi connectivity index (χ0n) is 18.9. The molecule has 1 saturated carbocycles. The second-order valence-electron chi connectivity index (χ2n) is 11.1. The molecule has 3 atom stereocenters. The van der Waals surface area contributed by atoms with Gasteiger partial charge < -0.3 is 14.6 Å². The molecule has 1 aromatic heterocycles. The molecule has 3 unspecified atom stereocenters. The van der Waals surface area contributed by atoms with Crippen molar-refractivity contribution in [3.05, 3.63) is 30.0 Å². The van der Waals surface area contributed by atoms with Crippen molar-refractivity contribution in [3.63, 3.8) is 0 Å². The van der Waals surface area contributed by atoms with Gasteiger partial charge in [0.2, 0.25) is 5.91 Å². The van der Waals surface area contributed by atoms with Gasteiger partial charge in [0.25, 0.3) is 0 Å². The second kappa shape index (κ2) is 7.32. The van der Waals surface area contributed by atoms with Gasteiger partial charge in [0, 0.05) is 35.6 Å². The fourth-order valence-electron chi connectivity index (χ4n) is 6.19. The van der Waals surface area contributed by atoms with Crippen LogP contribution in [-0.2, 0) is 4.79 Å². The van der Waals surface area contributed by atoms with E-state index in [1.165, 1.54) is 10.9 Å². The number of piperidine rings is 2. The van der Waals surface area contributed by atoms with Crippen LogP contribution in [0.2, 0.25) is 0 Å². The third kappa shape index (κ3) is 3.74. The van der Waals surface area contributed by atoms with Crippen molar-refractivity contribution in [1.29, 1.82) is 0 Å². The summed E-state index contributed by atoms with van der Waals surface area (Å²) in [6, 6.07) is 7.06. The molecule has 4 heteroatoms. The van der Waals surface area contributed by atoms with Gasteiger partial charge in [-0.25, -0.2) is 0 Å². The van der Waals surface area contributed by atoms with Gasteiger partial charge in [0.05, 0.1) is 6.10 Å².